The molecule has 0 aliphatic carbocycles. The van der Waals surface area contributed by atoms with Crippen LogP contribution in [0.3, 0.4) is 0 Å². The first-order valence-electron chi connectivity index (χ1n) is 28.5. The van der Waals surface area contributed by atoms with Gasteiger partial charge in [0.25, 0.3) is 5.78 Å². The lowest BCUT2D eigenvalue weighted by atomic mass is 9.80. The number of amides is 1. The van der Waals surface area contributed by atoms with E-state index in [1.54, 1.807) is 52.2 Å². The van der Waals surface area contributed by atoms with Crippen LogP contribution in [0.4, 0.5) is 15.8 Å². The van der Waals surface area contributed by atoms with Crippen LogP contribution in [0.15, 0.2) is 82.7 Å². The zero-order valence-corrected chi connectivity index (χ0v) is 49.6. The zero-order chi connectivity index (χ0) is 58.8. The van der Waals surface area contributed by atoms with Gasteiger partial charge in [-0.15, -0.1) is 0 Å². The van der Waals surface area contributed by atoms with E-state index in [2.05, 4.69) is 67.1 Å². The number of hydrogen-bond acceptors (Lipinski definition) is 15. The number of carbonyl (C=O) groups excluding carboxylic acids is 3. The lowest BCUT2D eigenvalue weighted by molar-refractivity contribution is -0.137. The van der Waals surface area contributed by atoms with Crippen LogP contribution in [0.5, 0.6) is 17.2 Å². The molecule has 5 unspecified atom stereocenters. The van der Waals surface area contributed by atoms with Crippen molar-refractivity contribution in [2.45, 2.75) is 131 Å². The van der Waals surface area contributed by atoms with E-state index < -0.39 is 29.3 Å². The molecule has 0 aromatic heterocycles. The number of aliphatic hydroxyl groups excluding tert-OH is 1. The fourth-order valence-electron chi connectivity index (χ4n) is 11.7. The number of hydrogen-bond donors (Lipinski definition) is 4. The Morgan fingerprint density at radius 3 is 2.25 bits per heavy atom. The normalized spacial score (nSPS) is 27.1. The quantitative estimate of drug-likeness (QED) is 0.0993. The predicted molar refractivity (Wildman–Crippen MR) is 312 cm³/mol. The number of allylic oxidation sites excluding steroid dienone is 5. The second-order valence-electron chi connectivity index (χ2n) is 23.1. The molecule has 16 nitrogen and oxygen atoms in total. The number of ketones is 1. The van der Waals surface area contributed by atoms with Crippen molar-refractivity contribution in [3.63, 3.8) is 0 Å². The predicted octanol–water partition coefficient (Wildman–Crippen LogP) is 9.58. The van der Waals surface area contributed by atoms with Crippen molar-refractivity contribution in [3.05, 3.63) is 100 Å². The number of fused-ring (bicyclic) bond motifs is 13. The molecule has 80 heavy (non-hydrogen) atoms. The third kappa shape index (κ3) is 14.1. The number of benzene rings is 3. The first kappa shape index (κ1) is 63.0. The number of ether oxygens (including phenoxy) is 4. The van der Waals surface area contributed by atoms with E-state index in [1.165, 1.54) is 18.4 Å². The van der Waals surface area contributed by atoms with Gasteiger partial charge < -0.3 is 59.1 Å². The maximum atomic E-state index is 14.6. The van der Waals surface area contributed by atoms with Gasteiger partial charge in [-0.3, -0.25) is 19.6 Å². The smallest absolute Gasteiger partial charge is 0.312 e. The Bertz CT molecular complexity index is 2920. The Kier molecular flexibility index (Phi) is 21.7. The monoisotopic (exact) mass is 1110 g/mol. The van der Waals surface area contributed by atoms with E-state index in [-0.39, 0.29) is 80.8 Å². The number of Topliss-reactive ketones (excluding diaryl/α,β-unsaturated/α-hetero) is 1. The molecule has 438 valence electrons. The molecular weight excluding hydrogens is 1020 g/mol. The summed E-state index contributed by atoms with van der Waals surface area (Å²) in [5.41, 5.74) is 2.26. The number of aldehydes is 1. The van der Waals surface area contributed by atoms with Crippen molar-refractivity contribution < 1.29 is 53.0 Å². The fraction of sp³-hybridized carbons (Fsp3) is 0.571. The third-order valence-corrected chi connectivity index (χ3v) is 16.3. The van der Waals surface area contributed by atoms with Crippen LogP contribution in [0, 0.1) is 48.2 Å². The number of phenolic OH excluding ortho intramolecular Hbond substituents is 2. The summed E-state index contributed by atoms with van der Waals surface area (Å²) in [6.45, 7) is 29.4. The molecule has 9 rings (SSSR count). The number of aliphatic hydroxyl groups is 1. The summed E-state index contributed by atoms with van der Waals surface area (Å²) in [7, 11) is 4.92. The maximum absolute atomic E-state index is 14.6. The minimum Gasteiger partial charge on any atom is -0.507 e. The molecule has 1 amide bonds. The number of nitrogens with zero attached hydrogens (tertiary/aromatic N) is 5. The minimum atomic E-state index is -1.75. The number of likely N-dealkylation sites (tertiary alicyclic amines) is 1. The molecule has 8 atom stereocenters. The number of rotatable bonds is 7. The van der Waals surface area contributed by atoms with E-state index in [0.29, 0.717) is 73.2 Å². The summed E-state index contributed by atoms with van der Waals surface area (Å²) in [6.07, 6.45) is 13.4. The first-order chi connectivity index (χ1) is 38.0. The molecule has 2 fully saturated rings. The molecule has 1 spiro atoms. The van der Waals surface area contributed by atoms with Crippen LogP contribution >= 0.6 is 0 Å². The van der Waals surface area contributed by atoms with Gasteiger partial charge in [-0.25, -0.2) is 4.39 Å². The van der Waals surface area contributed by atoms with Crippen molar-refractivity contribution >= 4 is 40.1 Å². The molecule has 2 saturated heterocycles. The highest BCUT2D eigenvalue weighted by atomic mass is 19.1. The van der Waals surface area contributed by atoms with Gasteiger partial charge in [0.15, 0.2) is 11.4 Å². The number of aromatic hydroxyl groups is 2. The molecule has 0 radical (unpaired) electrons. The summed E-state index contributed by atoms with van der Waals surface area (Å²) in [5, 5.41) is 39.9. The van der Waals surface area contributed by atoms with Gasteiger partial charge in [-0.2, -0.15) is 0 Å². The molecule has 6 heterocycles. The van der Waals surface area contributed by atoms with Gasteiger partial charge in [0, 0.05) is 115 Å². The maximum Gasteiger partial charge on any atom is 0.312 e. The van der Waals surface area contributed by atoms with E-state index in [9.17, 15) is 34.1 Å². The topological polar surface area (TPSA) is 195 Å². The van der Waals surface area contributed by atoms with Crippen LogP contribution in [0.1, 0.15) is 117 Å². The molecule has 3 aromatic rings. The summed E-state index contributed by atoms with van der Waals surface area (Å²) < 4.78 is 35.6. The van der Waals surface area contributed by atoms with E-state index in [0.717, 1.165) is 56.6 Å². The Labute approximate surface area is 473 Å². The van der Waals surface area contributed by atoms with E-state index >= 15 is 0 Å². The number of phenols is 2. The largest absolute Gasteiger partial charge is 0.507 e. The Morgan fingerprint density at radius 1 is 0.963 bits per heavy atom. The third-order valence-electron chi connectivity index (χ3n) is 16.3. The molecule has 5 bridgehead atoms. The highest BCUT2D eigenvalue weighted by Gasteiger charge is 2.50. The average molecular weight is 1110 g/mol. The van der Waals surface area contributed by atoms with Gasteiger partial charge in [0.2, 0.25) is 5.91 Å². The average Bonchev–Trinajstić information content (AvgIpc) is 3.74. The Hall–Kier alpha value is -6.14. The Balaban J connectivity index is 0.000000357. The molecular formula is C63H89FN6O10. The number of carbonyl (C=O) groups is 3. The first-order valence-corrected chi connectivity index (χ1v) is 28.5. The number of halogens is 1. The molecule has 3 aromatic carbocycles. The molecule has 6 aliphatic heterocycles. The molecule has 17 heteroatoms. The van der Waals surface area contributed by atoms with Crippen LogP contribution in [0.2, 0.25) is 0 Å². The van der Waals surface area contributed by atoms with E-state index in [1.807, 2.05) is 39.0 Å². The SMILES string of the molecule is C=C1Nc2c(O)c3c(O)c(C)c4c(c3c3c2=NC2(CCN(CC(C)C)CC2)N=3)C(=O)C(C)(O/C=C/C[C@@H](C)C(OC)[C@H](C)C(O)[C@H](C)CC(C)/C=C/C=C\1C)O4.CCC(C=O)C(=O)N1CCCN(c2ccc(F)cc2)CC1.COC. The van der Waals surface area contributed by atoms with Crippen LogP contribution in [0.25, 0.3) is 10.8 Å². The van der Waals surface area contributed by atoms with Crippen molar-refractivity contribution in [2.75, 3.05) is 77.4 Å². The number of nitrogens with one attached hydrogen (secondary N) is 1. The Morgan fingerprint density at radius 2 is 1.62 bits per heavy atom. The summed E-state index contributed by atoms with van der Waals surface area (Å²) in [4.78, 5) is 54.6. The summed E-state index contributed by atoms with van der Waals surface area (Å²) in [6, 6.07) is 6.41. The lowest BCUT2D eigenvalue weighted by Gasteiger charge is -2.36. The second-order valence-corrected chi connectivity index (χ2v) is 23.1. The van der Waals surface area contributed by atoms with Gasteiger partial charge in [-0.1, -0.05) is 73.3 Å². The fourth-order valence-corrected chi connectivity index (χ4v) is 11.7. The van der Waals surface area contributed by atoms with Crippen molar-refractivity contribution in [1.29, 1.82) is 0 Å². The van der Waals surface area contributed by atoms with Crippen molar-refractivity contribution in [3.8, 4) is 17.2 Å². The second kappa shape index (κ2) is 27.6. The number of piperidine rings is 1. The van der Waals surface area contributed by atoms with Crippen LogP contribution in [-0.4, -0.2) is 134 Å². The molecule has 0 saturated carbocycles. The highest BCUT2D eigenvalue weighted by Crippen LogP contribution is 2.50. The van der Waals surface area contributed by atoms with Crippen molar-refractivity contribution in [1.82, 2.24) is 9.80 Å². The number of methoxy groups -OCH3 is 2. The van der Waals surface area contributed by atoms with Crippen LogP contribution < -0.4 is 25.7 Å². The van der Waals surface area contributed by atoms with Gasteiger partial charge in [0.1, 0.15) is 34.6 Å². The van der Waals surface area contributed by atoms with E-state index in [4.69, 9.17) is 24.2 Å². The van der Waals surface area contributed by atoms with Crippen molar-refractivity contribution in [2.24, 2.45) is 45.5 Å². The highest BCUT2D eigenvalue weighted by molar-refractivity contribution is 6.19. The molecule has 6 aliphatic rings. The summed E-state index contributed by atoms with van der Waals surface area (Å²) >= 11 is 0. The minimum absolute atomic E-state index is 0.0205. The molecule has 4 N–H and O–H groups in total. The summed E-state index contributed by atoms with van der Waals surface area (Å²) in [5.74, 6) is -2.72. The standard InChI is InChI=1S/C45H62N4O7.C16H21FN2O2.C2H6O/c1-24(2)23-49-19-17-45(18-20-49)47-35-32-33-39(51)30(8)42-34(32)43(53)44(10,56-42)55-21-13-16-27(5)41(54-11)29(7)38(50)28(6)22-25(3)14-12-15-26(4)31(9)46-37(40(33)52)36(35)48-45;1-2-13(12-20)16(21)19-9-3-8-18(10-11-19)15-6-4-14(17)5-7-15;1-3-2/h12-15,21,24-25,27-29,38,41,46,50-52H,9,16-20,22-23H2,1-8,10-11H3;4-7,12-13H,2-3,8-11H2,1H3;1-2H3/b14-12+,21-13+,26-15-;;/t25?,27-,28-,29-,38?,41?,44?;;/m1../s1. The lowest BCUT2D eigenvalue weighted by Crippen LogP contribution is -2.43. The van der Waals surface area contributed by atoms with Gasteiger partial charge >= 0.3 is 5.79 Å². The number of anilines is 2. The van der Waals surface area contributed by atoms with Crippen LogP contribution in [-0.2, 0) is 23.8 Å². The zero-order valence-electron chi connectivity index (χ0n) is 49.6. The van der Waals surface area contributed by atoms with Gasteiger partial charge in [-0.05, 0) is 99.1 Å². The van der Waals surface area contributed by atoms with Gasteiger partial charge in [0.05, 0.1) is 40.7 Å².